The van der Waals surface area contributed by atoms with E-state index in [0.29, 0.717) is 0 Å². The van der Waals surface area contributed by atoms with E-state index in [1.807, 2.05) is 0 Å². The average Bonchev–Trinajstić information content (AvgIpc) is 3.36. The van der Waals surface area contributed by atoms with Crippen molar-refractivity contribution in [2.24, 2.45) is 0 Å². The third-order valence-corrected chi connectivity index (χ3v) is 8.12. The summed E-state index contributed by atoms with van der Waals surface area (Å²) < 4.78 is 3.93. The molecule has 0 radical (unpaired) electrons. The maximum atomic E-state index is 3.97. The Morgan fingerprint density at radius 1 is 0.857 bits per heavy atom. The molecule has 0 heterocycles. The maximum Gasteiger partial charge on any atom is -1.00 e. The molecular formula is C23H17Br2Cl2Zr. The molecule has 0 N–H and O–H groups in total. The maximum absolute atomic E-state index is 3.97. The summed E-state index contributed by atoms with van der Waals surface area (Å²) in [5.74, 6) is 0. The number of hydrogen-bond donors (Lipinski definition) is 0. The number of rotatable bonds is 1. The normalized spacial score (nSPS) is 16.5. The Bertz CT molecular complexity index is 1230. The van der Waals surface area contributed by atoms with Crippen LogP contribution in [0.5, 0.6) is 0 Å². The van der Waals surface area contributed by atoms with Crippen molar-refractivity contribution in [3.63, 3.8) is 0 Å². The van der Waals surface area contributed by atoms with Crippen LogP contribution >= 0.6 is 31.9 Å². The minimum Gasteiger partial charge on any atom is -1.00 e. The fraction of sp³-hybridized carbons (Fsp3) is 0.217. The van der Waals surface area contributed by atoms with Crippen LogP contribution in [0.3, 0.4) is 0 Å². The van der Waals surface area contributed by atoms with Crippen molar-refractivity contribution in [3.05, 3.63) is 83.4 Å². The van der Waals surface area contributed by atoms with Crippen molar-refractivity contribution < 1.29 is 49.5 Å². The van der Waals surface area contributed by atoms with E-state index in [9.17, 15) is 0 Å². The fourth-order valence-corrected chi connectivity index (χ4v) is 6.81. The van der Waals surface area contributed by atoms with Crippen LogP contribution in [-0.2, 0) is 24.7 Å². The fourth-order valence-electron chi connectivity index (χ4n) is 4.57. The summed E-state index contributed by atoms with van der Waals surface area (Å²) in [4.78, 5) is 0. The van der Waals surface area contributed by atoms with Gasteiger partial charge in [-0.1, -0.05) is 0 Å². The molecule has 0 aliphatic heterocycles. The average molecular weight is 615 g/mol. The van der Waals surface area contributed by atoms with Crippen molar-refractivity contribution in [1.82, 2.24) is 0 Å². The van der Waals surface area contributed by atoms with Gasteiger partial charge in [-0.2, -0.15) is 0 Å². The second kappa shape index (κ2) is 9.07. The summed E-state index contributed by atoms with van der Waals surface area (Å²) in [6.07, 6.45) is 13.0. The Kier molecular flexibility index (Phi) is 7.37. The van der Waals surface area contributed by atoms with Crippen LogP contribution in [-0.4, -0.2) is 0 Å². The first-order chi connectivity index (χ1) is 12.6. The quantitative estimate of drug-likeness (QED) is 0.410. The molecule has 0 aromatic heterocycles. The molecule has 141 valence electrons. The van der Waals surface area contributed by atoms with E-state index in [1.165, 1.54) is 95.7 Å². The van der Waals surface area contributed by atoms with Gasteiger partial charge in [0.1, 0.15) is 0 Å². The van der Waals surface area contributed by atoms with E-state index in [0.717, 1.165) is 10.9 Å². The molecule has 0 spiro atoms. The largest absolute Gasteiger partial charge is 1.00 e. The molecule has 28 heavy (non-hydrogen) atoms. The molecule has 0 atom stereocenters. The summed E-state index contributed by atoms with van der Waals surface area (Å²) in [5, 5.41) is 5.67. The Labute approximate surface area is 209 Å². The van der Waals surface area contributed by atoms with E-state index >= 15 is 0 Å². The van der Waals surface area contributed by atoms with Gasteiger partial charge in [0.25, 0.3) is 0 Å². The van der Waals surface area contributed by atoms with Crippen LogP contribution in [0.4, 0.5) is 0 Å². The van der Waals surface area contributed by atoms with E-state index in [2.05, 4.69) is 74.4 Å². The molecule has 3 aliphatic rings. The number of allylic oxidation sites excluding steroid dienone is 4. The van der Waals surface area contributed by atoms with Gasteiger partial charge in [0.15, 0.2) is 0 Å². The Morgan fingerprint density at radius 3 is 2.29 bits per heavy atom. The molecule has 0 nitrogen and oxygen atoms in total. The molecule has 1 saturated carbocycles. The molecule has 0 bridgehead atoms. The van der Waals surface area contributed by atoms with Crippen molar-refractivity contribution in [1.29, 1.82) is 0 Å². The van der Waals surface area contributed by atoms with Crippen LogP contribution in [0.25, 0.3) is 14.4 Å². The minimum absolute atomic E-state index is 0. The Hall–Kier alpha value is 0.0831. The van der Waals surface area contributed by atoms with Crippen molar-refractivity contribution in [2.75, 3.05) is 0 Å². The first-order valence-electron chi connectivity index (χ1n) is 9.12. The Morgan fingerprint density at radius 2 is 1.61 bits per heavy atom. The monoisotopic (exact) mass is 611 g/mol. The van der Waals surface area contributed by atoms with Gasteiger partial charge in [-0.25, -0.2) is 0 Å². The standard InChI is InChI=1S/C23H17Br2.2ClH.Zr/c24-17-10-9-16-11-20-19(18(16)12-17)13-21(25)23(15-7-3-4-8-15)22(20)14-5-1-2-6-14;;;/h1-2,5,9-10,12-13H,3-4,6-8H2;2*1H;/q;;;+2/p-2. The third-order valence-electron chi connectivity index (χ3n) is 5.72. The molecule has 5 rings (SSSR count). The van der Waals surface area contributed by atoms with E-state index in [4.69, 9.17) is 0 Å². The zero-order valence-electron chi connectivity index (χ0n) is 15.1. The molecule has 0 unspecified atom stereocenters. The van der Waals surface area contributed by atoms with Gasteiger partial charge in [0, 0.05) is 0 Å². The minimum atomic E-state index is 0. The smallest absolute Gasteiger partial charge is 1.00 e. The van der Waals surface area contributed by atoms with E-state index < -0.39 is 0 Å². The Balaban J connectivity index is 0.00000112. The van der Waals surface area contributed by atoms with Gasteiger partial charge in [-0.15, -0.1) is 0 Å². The molecular weight excluding hydrogens is 598 g/mol. The second-order valence-electron chi connectivity index (χ2n) is 7.23. The van der Waals surface area contributed by atoms with Crippen molar-refractivity contribution in [3.8, 4) is 0 Å². The summed E-state index contributed by atoms with van der Waals surface area (Å²) in [7, 11) is 0. The first kappa shape index (κ1) is 22.8. The predicted molar refractivity (Wildman–Crippen MR) is 111 cm³/mol. The van der Waals surface area contributed by atoms with E-state index in [-0.39, 0.29) is 24.8 Å². The molecule has 3 aliphatic carbocycles. The molecule has 2 aromatic carbocycles. The van der Waals surface area contributed by atoms with Gasteiger partial charge in [0.05, 0.1) is 0 Å². The number of fused-ring (bicyclic) bond motifs is 2. The van der Waals surface area contributed by atoms with Crippen LogP contribution in [0.15, 0.2) is 51.4 Å². The molecule has 0 saturated heterocycles. The topological polar surface area (TPSA) is 0 Å². The van der Waals surface area contributed by atoms with E-state index in [1.54, 1.807) is 5.57 Å². The number of benzene rings is 2. The van der Waals surface area contributed by atoms with Crippen LogP contribution in [0, 0.1) is 10.4 Å². The van der Waals surface area contributed by atoms with Crippen LogP contribution in [0.2, 0.25) is 0 Å². The summed E-state index contributed by atoms with van der Waals surface area (Å²) in [5.41, 5.74) is 6.10. The molecule has 2 aromatic rings. The molecule has 5 heteroatoms. The van der Waals surface area contributed by atoms with Gasteiger partial charge in [0.2, 0.25) is 0 Å². The first-order valence-corrected chi connectivity index (χ1v) is 11.9. The SMILES string of the molecule is Brc1ccc2c(c1)=c1cc(Br)c(=C3CCCC3)c(C3=CC=CC3)c1[C]=2[Zr+2].[Cl-].[Cl-]. The predicted octanol–water partition coefficient (Wildman–Crippen LogP) is -0.409. The van der Waals surface area contributed by atoms with Gasteiger partial charge in [-0.05, 0) is 0 Å². The summed E-state index contributed by atoms with van der Waals surface area (Å²) >= 11 is 9.13. The zero-order valence-corrected chi connectivity index (χ0v) is 22.2. The molecule has 1 fully saturated rings. The van der Waals surface area contributed by atoms with Gasteiger partial charge >= 0.3 is 187 Å². The number of hydrogen-bond acceptors (Lipinski definition) is 0. The zero-order chi connectivity index (χ0) is 17.8. The second-order valence-corrected chi connectivity index (χ2v) is 10.2. The molecule has 0 amide bonds. The van der Waals surface area contributed by atoms with Gasteiger partial charge in [-0.3, -0.25) is 0 Å². The summed E-state index contributed by atoms with van der Waals surface area (Å²) in [6, 6.07) is 9.12. The van der Waals surface area contributed by atoms with Crippen molar-refractivity contribution >= 4 is 46.3 Å². The number of halogens is 4. The van der Waals surface area contributed by atoms with Crippen molar-refractivity contribution in [2.45, 2.75) is 32.1 Å². The van der Waals surface area contributed by atoms with Gasteiger partial charge < -0.3 is 24.8 Å². The van der Waals surface area contributed by atoms with Crippen LogP contribution in [0.1, 0.15) is 43.2 Å². The third kappa shape index (κ3) is 3.65. The van der Waals surface area contributed by atoms with Crippen LogP contribution < -0.4 is 35.3 Å². The summed E-state index contributed by atoms with van der Waals surface area (Å²) in [6.45, 7) is 0.